The van der Waals surface area contributed by atoms with Crippen molar-refractivity contribution in [2.75, 3.05) is 6.54 Å². The molecule has 2 heterocycles. The van der Waals surface area contributed by atoms with Gasteiger partial charge in [0.1, 0.15) is 6.54 Å². The highest BCUT2D eigenvalue weighted by Gasteiger charge is 2.14. The predicted molar refractivity (Wildman–Crippen MR) is 86.2 cm³/mol. The third-order valence-electron chi connectivity index (χ3n) is 3.76. The summed E-state index contributed by atoms with van der Waals surface area (Å²) in [5.74, 6) is -0.144. The summed E-state index contributed by atoms with van der Waals surface area (Å²) in [7, 11) is 0. The number of hydrogen-bond acceptors (Lipinski definition) is 4. The SMILES string of the molecule is O=C(Cn1ccccc1=O)NCCc1nc2c(s1)CCCC2. The first-order chi connectivity index (χ1) is 10.7. The lowest BCUT2D eigenvalue weighted by molar-refractivity contribution is -0.121. The summed E-state index contributed by atoms with van der Waals surface area (Å²) in [6, 6.07) is 4.86. The lowest BCUT2D eigenvalue weighted by Crippen LogP contribution is -2.32. The third-order valence-corrected chi connectivity index (χ3v) is 4.98. The number of hydrogen-bond donors (Lipinski definition) is 1. The molecule has 0 saturated carbocycles. The number of rotatable bonds is 5. The third kappa shape index (κ3) is 3.62. The molecule has 2 aromatic heterocycles. The smallest absolute Gasteiger partial charge is 0.250 e. The van der Waals surface area contributed by atoms with Crippen molar-refractivity contribution >= 4 is 17.2 Å². The molecule has 0 aliphatic heterocycles. The van der Waals surface area contributed by atoms with Crippen LogP contribution in [0.1, 0.15) is 28.4 Å². The van der Waals surface area contributed by atoms with Gasteiger partial charge in [0.2, 0.25) is 5.91 Å². The Morgan fingerprint density at radius 3 is 3.00 bits per heavy atom. The predicted octanol–water partition coefficient (Wildman–Crippen LogP) is 1.54. The molecule has 22 heavy (non-hydrogen) atoms. The number of pyridine rings is 1. The number of aromatic nitrogens is 2. The molecule has 0 fully saturated rings. The van der Waals surface area contributed by atoms with Crippen LogP contribution in [-0.4, -0.2) is 22.0 Å². The second-order valence-corrected chi connectivity index (χ2v) is 6.62. The van der Waals surface area contributed by atoms with E-state index < -0.39 is 0 Å². The van der Waals surface area contributed by atoms with Crippen LogP contribution >= 0.6 is 11.3 Å². The van der Waals surface area contributed by atoms with Gasteiger partial charge in [0, 0.05) is 30.1 Å². The molecule has 0 bridgehead atoms. The van der Waals surface area contributed by atoms with Crippen molar-refractivity contribution in [2.45, 2.75) is 38.6 Å². The zero-order chi connectivity index (χ0) is 15.4. The molecule has 116 valence electrons. The Bertz CT molecular complexity index is 697. The van der Waals surface area contributed by atoms with Crippen LogP contribution in [-0.2, 0) is 30.6 Å². The summed E-state index contributed by atoms with van der Waals surface area (Å²) >= 11 is 1.78. The Balaban J connectivity index is 1.48. The average molecular weight is 317 g/mol. The first-order valence-electron chi connectivity index (χ1n) is 7.62. The van der Waals surface area contributed by atoms with E-state index in [4.69, 9.17) is 0 Å². The van der Waals surface area contributed by atoms with Gasteiger partial charge in [0.05, 0.1) is 10.7 Å². The van der Waals surface area contributed by atoms with Crippen LogP contribution in [0, 0.1) is 0 Å². The van der Waals surface area contributed by atoms with Crippen molar-refractivity contribution in [3.8, 4) is 0 Å². The normalized spacial score (nSPS) is 13.6. The van der Waals surface area contributed by atoms with Crippen molar-refractivity contribution in [1.82, 2.24) is 14.9 Å². The minimum Gasteiger partial charge on any atom is -0.354 e. The standard InChI is InChI=1S/C16H19N3O2S/c20-14(11-19-10-4-3-7-16(19)21)17-9-8-15-18-12-5-1-2-6-13(12)22-15/h3-4,7,10H,1-2,5-6,8-9,11H2,(H,17,20). The number of nitrogens with zero attached hydrogens (tertiary/aromatic N) is 2. The van der Waals surface area contributed by atoms with Crippen LogP contribution in [0.4, 0.5) is 0 Å². The number of carbonyl (C=O) groups is 1. The molecule has 0 unspecified atom stereocenters. The van der Waals surface area contributed by atoms with E-state index in [-0.39, 0.29) is 18.0 Å². The van der Waals surface area contributed by atoms with Crippen LogP contribution < -0.4 is 10.9 Å². The van der Waals surface area contributed by atoms with Gasteiger partial charge in [0.15, 0.2) is 0 Å². The summed E-state index contributed by atoms with van der Waals surface area (Å²) in [6.45, 7) is 0.626. The molecule has 1 amide bonds. The Kier molecular flexibility index (Phi) is 4.68. The van der Waals surface area contributed by atoms with Gasteiger partial charge in [-0.25, -0.2) is 4.98 Å². The molecule has 5 nitrogen and oxygen atoms in total. The van der Waals surface area contributed by atoms with Gasteiger partial charge in [-0.15, -0.1) is 11.3 Å². The van der Waals surface area contributed by atoms with E-state index in [0.717, 1.165) is 24.3 Å². The molecule has 6 heteroatoms. The highest BCUT2D eigenvalue weighted by atomic mass is 32.1. The number of carbonyl (C=O) groups excluding carboxylic acids is 1. The number of nitrogens with one attached hydrogen (secondary N) is 1. The lowest BCUT2D eigenvalue weighted by Gasteiger charge is -2.06. The maximum Gasteiger partial charge on any atom is 0.250 e. The molecule has 1 aliphatic rings. The maximum absolute atomic E-state index is 11.9. The maximum atomic E-state index is 11.9. The van der Waals surface area contributed by atoms with Gasteiger partial charge < -0.3 is 9.88 Å². The number of aryl methyl sites for hydroxylation is 2. The zero-order valence-corrected chi connectivity index (χ0v) is 13.2. The molecule has 0 saturated heterocycles. The average Bonchev–Trinajstić information content (AvgIpc) is 2.92. The van der Waals surface area contributed by atoms with Crippen molar-refractivity contribution in [3.63, 3.8) is 0 Å². The molecule has 1 N–H and O–H groups in total. The first kappa shape index (κ1) is 15.0. The summed E-state index contributed by atoms with van der Waals surface area (Å²) in [5.41, 5.74) is 1.10. The molecular formula is C16H19N3O2S. The van der Waals surface area contributed by atoms with Gasteiger partial charge in [-0.2, -0.15) is 0 Å². The summed E-state index contributed by atoms with van der Waals surface area (Å²) < 4.78 is 1.40. The largest absolute Gasteiger partial charge is 0.354 e. The van der Waals surface area contributed by atoms with Crippen LogP contribution in [0.2, 0.25) is 0 Å². The number of thiazole rings is 1. The fraction of sp³-hybridized carbons (Fsp3) is 0.438. The highest BCUT2D eigenvalue weighted by molar-refractivity contribution is 7.11. The Labute approximate surface area is 133 Å². The van der Waals surface area contributed by atoms with Crippen LogP contribution in [0.25, 0.3) is 0 Å². The van der Waals surface area contributed by atoms with Crippen molar-refractivity contribution in [2.24, 2.45) is 0 Å². The minimum absolute atomic E-state index is 0.0635. The molecule has 0 radical (unpaired) electrons. The van der Waals surface area contributed by atoms with Crippen molar-refractivity contribution in [3.05, 3.63) is 50.3 Å². The zero-order valence-electron chi connectivity index (χ0n) is 12.4. The molecule has 0 aromatic carbocycles. The molecule has 0 atom stereocenters. The lowest BCUT2D eigenvalue weighted by atomic mass is 10.0. The van der Waals surface area contributed by atoms with Gasteiger partial charge >= 0.3 is 0 Å². The van der Waals surface area contributed by atoms with E-state index in [1.165, 1.54) is 34.0 Å². The minimum atomic E-state index is -0.162. The van der Waals surface area contributed by atoms with Crippen molar-refractivity contribution < 1.29 is 4.79 Å². The second kappa shape index (κ2) is 6.87. The van der Waals surface area contributed by atoms with E-state index in [1.807, 2.05) is 0 Å². The summed E-state index contributed by atoms with van der Waals surface area (Å²) in [4.78, 5) is 29.5. The summed E-state index contributed by atoms with van der Waals surface area (Å²) in [5, 5.41) is 3.96. The molecule has 2 aromatic rings. The van der Waals surface area contributed by atoms with Gasteiger partial charge in [-0.05, 0) is 31.7 Å². The molecule has 1 aliphatic carbocycles. The molecule has 0 spiro atoms. The van der Waals surface area contributed by atoms with Crippen LogP contribution in [0.15, 0.2) is 29.2 Å². The van der Waals surface area contributed by atoms with E-state index in [2.05, 4.69) is 10.3 Å². The van der Waals surface area contributed by atoms with E-state index in [9.17, 15) is 9.59 Å². The van der Waals surface area contributed by atoms with Gasteiger partial charge in [-0.1, -0.05) is 6.07 Å². The Morgan fingerprint density at radius 2 is 2.18 bits per heavy atom. The summed E-state index contributed by atoms with van der Waals surface area (Å²) in [6.07, 6.45) is 7.12. The van der Waals surface area contributed by atoms with E-state index in [1.54, 1.807) is 29.7 Å². The molecule has 3 rings (SSSR count). The fourth-order valence-corrected chi connectivity index (χ4v) is 3.78. The first-order valence-corrected chi connectivity index (χ1v) is 8.43. The van der Waals surface area contributed by atoms with Crippen LogP contribution in [0.5, 0.6) is 0 Å². The van der Waals surface area contributed by atoms with E-state index in [0.29, 0.717) is 6.54 Å². The highest BCUT2D eigenvalue weighted by Crippen LogP contribution is 2.26. The fourth-order valence-electron chi connectivity index (χ4n) is 2.62. The molecular weight excluding hydrogens is 298 g/mol. The number of amides is 1. The van der Waals surface area contributed by atoms with Crippen molar-refractivity contribution in [1.29, 1.82) is 0 Å². The Hall–Kier alpha value is -1.95. The van der Waals surface area contributed by atoms with Gasteiger partial charge in [0.25, 0.3) is 5.56 Å². The van der Waals surface area contributed by atoms with Gasteiger partial charge in [-0.3, -0.25) is 9.59 Å². The van der Waals surface area contributed by atoms with Crippen LogP contribution in [0.3, 0.4) is 0 Å². The second-order valence-electron chi connectivity index (χ2n) is 5.45. The van der Waals surface area contributed by atoms with E-state index >= 15 is 0 Å². The topological polar surface area (TPSA) is 64.0 Å². The monoisotopic (exact) mass is 317 g/mol. The number of fused-ring (bicyclic) bond motifs is 1. The quantitative estimate of drug-likeness (QED) is 0.910. The Morgan fingerprint density at radius 1 is 1.32 bits per heavy atom.